The molecule has 1 aliphatic carbocycles. The van der Waals surface area contributed by atoms with E-state index in [1.807, 2.05) is 71.9 Å². The molecule has 4 rings (SSSR count). The van der Waals surface area contributed by atoms with Crippen molar-refractivity contribution in [2.75, 3.05) is 6.61 Å². The topological polar surface area (TPSA) is 67.7 Å². The molecule has 1 aromatic heterocycles. The normalized spacial score (nSPS) is 25.6. The van der Waals surface area contributed by atoms with Crippen LogP contribution in [0.1, 0.15) is 64.9 Å². The lowest BCUT2D eigenvalue weighted by atomic mass is 9.66. The SMILES string of the molecule is CCOc1nc(C(C)(C)C)ncc1C1=N[C@@](C)(C2C=CC(Cl)=CC2)[C@@](C)(c2ccc(Cl)cc2)N1C(=O)Cl. The molecule has 6 nitrogen and oxygen atoms in total. The average molecular weight is 562 g/mol. The fraction of sp³-hybridized carbons (Fsp3) is 0.429. The van der Waals surface area contributed by atoms with Crippen LogP contribution in [0, 0.1) is 5.92 Å². The second-order valence-corrected chi connectivity index (χ2v) is 11.8. The van der Waals surface area contributed by atoms with Gasteiger partial charge in [0.05, 0.1) is 23.2 Å². The largest absolute Gasteiger partial charge is 0.477 e. The molecule has 1 unspecified atom stereocenters. The summed E-state index contributed by atoms with van der Waals surface area (Å²) in [4.78, 5) is 29.4. The second-order valence-electron chi connectivity index (χ2n) is 10.6. The summed E-state index contributed by atoms with van der Waals surface area (Å²) < 4.78 is 5.96. The quantitative estimate of drug-likeness (QED) is 0.278. The summed E-state index contributed by atoms with van der Waals surface area (Å²) in [5.41, 5.74) is -0.774. The first kappa shape index (κ1) is 27.6. The molecule has 1 aliphatic heterocycles. The van der Waals surface area contributed by atoms with E-state index in [1.54, 1.807) is 18.3 Å². The van der Waals surface area contributed by atoms with Crippen molar-refractivity contribution in [3.63, 3.8) is 0 Å². The van der Waals surface area contributed by atoms with E-state index in [-0.39, 0.29) is 11.3 Å². The third-order valence-corrected chi connectivity index (χ3v) is 7.99. The van der Waals surface area contributed by atoms with Crippen LogP contribution < -0.4 is 4.74 Å². The Bertz CT molecular complexity index is 1300. The maximum Gasteiger partial charge on any atom is 0.322 e. The molecule has 0 saturated heterocycles. The fourth-order valence-corrected chi connectivity index (χ4v) is 5.57. The highest BCUT2D eigenvalue weighted by Crippen LogP contribution is 2.53. The second kappa shape index (κ2) is 10.0. The third-order valence-electron chi connectivity index (χ3n) is 7.29. The lowest BCUT2D eigenvalue weighted by molar-refractivity contribution is 0.121. The number of aliphatic imine (C=N–C) groups is 1. The summed E-state index contributed by atoms with van der Waals surface area (Å²) in [5.74, 6) is 1.25. The monoisotopic (exact) mass is 560 g/mol. The van der Waals surface area contributed by atoms with E-state index in [4.69, 9.17) is 49.5 Å². The van der Waals surface area contributed by atoms with Crippen LogP contribution in [0.2, 0.25) is 5.02 Å². The number of amidine groups is 1. The number of carbonyl (C=O) groups excluding carboxylic acids is 1. The minimum atomic E-state index is -0.982. The van der Waals surface area contributed by atoms with Crippen LogP contribution in [0.5, 0.6) is 5.88 Å². The Morgan fingerprint density at radius 2 is 1.86 bits per heavy atom. The fourth-order valence-electron chi connectivity index (χ4n) is 5.04. The number of amides is 1. The molecule has 1 amide bonds. The van der Waals surface area contributed by atoms with E-state index in [2.05, 4.69) is 4.98 Å². The molecule has 9 heteroatoms. The number of aromatic nitrogens is 2. The lowest BCUT2D eigenvalue weighted by Gasteiger charge is -2.47. The highest BCUT2D eigenvalue weighted by molar-refractivity contribution is 6.64. The summed E-state index contributed by atoms with van der Waals surface area (Å²) in [6.07, 6.45) is 8.20. The van der Waals surface area contributed by atoms with Crippen molar-refractivity contribution < 1.29 is 9.53 Å². The van der Waals surface area contributed by atoms with Crippen LogP contribution in [0.15, 0.2) is 58.7 Å². The minimum absolute atomic E-state index is 0.0861. The number of hydrogen-bond acceptors (Lipinski definition) is 5. The summed E-state index contributed by atoms with van der Waals surface area (Å²) in [5, 5.41) is 0.593. The van der Waals surface area contributed by atoms with Crippen molar-refractivity contribution in [2.45, 2.75) is 64.5 Å². The van der Waals surface area contributed by atoms with Crippen LogP contribution >= 0.6 is 34.8 Å². The lowest BCUT2D eigenvalue weighted by Crippen LogP contribution is -2.57. The molecule has 0 radical (unpaired) electrons. The van der Waals surface area contributed by atoms with Crippen LogP contribution in [-0.2, 0) is 11.0 Å². The summed E-state index contributed by atoms with van der Waals surface area (Å²) in [6.45, 7) is 12.4. The van der Waals surface area contributed by atoms with Gasteiger partial charge in [-0.2, -0.15) is 4.98 Å². The van der Waals surface area contributed by atoms with Crippen molar-refractivity contribution in [1.82, 2.24) is 14.9 Å². The number of allylic oxidation sites excluding steroid dienone is 3. The van der Waals surface area contributed by atoms with E-state index >= 15 is 0 Å². The molecular weight excluding hydrogens is 531 g/mol. The maximum atomic E-state index is 13.3. The summed E-state index contributed by atoms with van der Waals surface area (Å²) >= 11 is 18.8. The molecule has 1 aromatic carbocycles. The Balaban J connectivity index is 1.99. The van der Waals surface area contributed by atoms with E-state index in [0.29, 0.717) is 46.2 Å². The van der Waals surface area contributed by atoms with Gasteiger partial charge in [-0.15, -0.1) is 0 Å². The van der Waals surface area contributed by atoms with Crippen molar-refractivity contribution >= 4 is 46.0 Å². The number of ether oxygens (including phenoxy) is 1. The van der Waals surface area contributed by atoms with Crippen molar-refractivity contribution in [2.24, 2.45) is 10.9 Å². The Morgan fingerprint density at radius 3 is 2.41 bits per heavy atom. The van der Waals surface area contributed by atoms with Crippen LogP contribution in [0.25, 0.3) is 0 Å². The van der Waals surface area contributed by atoms with Crippen molar-refractivity contribution in [3.05, 3.63) is 75.7 Å². The minimum Gasteiger partial charge on any atom is -0.477 e. The van der Waals surface area contributed by atoms with E-state index in [0.717, 1.165) is 5.56 Å². The summed E-state index contributed by atoms with van der Waals surface area (Å²) in [7, 11) is 0. The highest BCUT2D eigenvalue weighted by Gasteiger charge is 2.61. The maximum absolute atomic E-state index is 13.3. The molecule has 0 saturated carbocycles. The molecule has 37 heavy (non-hydrogen) atoms. The Hall–Kier alpha value is -2.41. The molecule has 2 heterocycles. The molecular formula is C28H31Cl3N4O2. The molecule has 0 fully saturated rings. The van der Waals surface area contributed by atoms with Crippen molar-refractivity contribution in [1.29, 1.82) is 0 Å². The number of hydrogen-bond donors (Lipinski definition) is 0. The van der Waals surface area contributed by atoms with Crippen molar-refractivity contribution in [3.8, 4) is 5.88 Å². The summed E-state index contributed by atoms with van der Waals surface area (Å²) in [6, 6.07) is 7.42. The van der Waals surface area contributed by atoms with Crippen LogP contribution in [0.3, 0.4) is 0 Å². The molecule has 2 aromatic rings. The van der Waals surface area contributed by atoms with Gasteiger partial charge in [-0.25, -0.2) is 4.98 Å². The van der Waals surface area contributed by atoms with Gasteiger partial charge in [0.2, 0.25) is 5.88 Å². The van der Waals surface area contributed by atoms with Gasteiger partial charge >= 0.3 is 5.37 Å². The first-order chi connectivity index (χ1) is 17.3. The zero-order chi connectivity index (χ0) is 27.2. The van der Waals surface area contributed by atoms with E-state index in [9.17, 15) is 4.79 Å². The molecule has 0 bridgehead atoms. The zero-order valence-electron chi connectivity index (χ0n) is 21.8. The van der Waals surface area contributed by atoms with Gasteiger partial charge < -0.3 is 4.74 Å². The first-order valence-electron chi connectivity index (χ1n) is 12.2. The van der Waals surface area contributed by atoms with E-state index < -0.39 is 16.4 Å². The van der Waals surface area contributed by atoms with Crippen LogP contribution in [-0.4, -0.2) is 38.2 Å². The molecule has 0 N–H and O–H groups in total. The Morgan fingerprint density at radius 1 is 1.19 bits per heavy atom. The molecule has 196 valence electrons. The predicted octanol–water partition coefficient (Wildman–Crippen LogP) is 7.62. The number of rotatable bonds is 5. The Kier molecular flexibility index (Phi) is 7.50. The number of benzene rings is 1. The molecule has 2 aliphatic rings. The van der Waals surface area contributed by atoms with Gasteiger partial charge in [0.25, 0.3) is 0 Å². The highest BCUT2D eigenvalue weighted by atomic mass is 35.5. The van der Waals surface area contributed by atoms with Gasteiger partial charge in [0.1, 0.15) is 11.7 Å². The molecule has 3 atom stereocenters. The zero-order valence-corrected chi connectivity index (χ0v) is 24.1. The average Bonchev–Trinajstić information content (AvgIpc) is 3.08. The van der Waals surface area contributed by atoms with Crippen LogP contribution in [0.4, 0.5) is 4.79 Å². The smallest absolute Gasteiger partial charge is 0.322 e. The predicted molar refractivity (Wildman–Crippen MR) is 150 cm³/mol. The van der Waals surface area contributed by atoms with E-state index in [1.165, 1.54) is 4.90 Å². The van der Waals surface area contributed by atoms with Gasteiger partial charge in [-0.3, -0.25) is 14.7 Å². The standard InChI is InChI=1S/C28H31Cl3N4O2/c1-7-37-23-21(16-32-24(33-23)26(2,3)4)22-34-27(5,17-8-12-19(29)13-9-17)28(6,35(22)25(31)36)18-10-14-20(30)15-11-18/h8,10-17H,7,9H2,1-6H3/t17?,27-,28+/m0/s1. The molecule has 0 spiro atoms. The number of carbonyl (C=O) groups is 1. The van der Waals surface area contributed by atoms with Gasteiger partial charge in [-0.1, -0.05) is 68.3 Å². The van der Waals surface area contributed by atoms with Gasteiger partial charge in [0, 0.05) is 27.6 Å². The van der Waals surface area contributed by atoms with Gasteiger partial charge in [-0.05, 0) is 62.6 Å². The Labute approximate surface area is 233 Å². The van der Waals surface area contributed by atoms with Gasteiger partial charge in [0.15, 0.2) is 0 Å². The first-order valence-corrected chi connectivity index (χ1v) is 13.4. The number of nitrogens with zero attached hydrogens (tertiary/aromatic N) is 4. The number of halogens is 3. The third kappa shape index (κ3) is 4.80.